The third-order valence-corrected chi connectivity index (χ3v) is 3.64. The van der Waals surface area contributed by atoms with Gasteiger partial charge >= 0.3 is 0 Å². The van der Waals surface area contributed by atoms with Crippen LogP contribution in [0.3, 0.4) is 0 Å². The largest absolute Gasteiger partial charge is 0.382 e. The third-order valence-electron chi connectivity index (χ3n) is 2.75. The van der Waals surface area contributed by atoms with Gasteiger partial charge in [0.2, 0.25) is 0 Å². The fourth-order valence-corrected chi connectivity index (χ4v) is 1.94. The van der Waals surface area contributed by atoms with E-state index >= 15 is 0 Å². The van der Waals surface area contributed by atoms with E-state index in [2.05, 4.69) is 67.1 Å². The molecule has 0 heterocycles. The molecule has 0 aliphatic heterocycles. The number of aryl methyl sites for hydroxylation is 1. The normalized spacial score (nSPS) is 12.9. The fourth-order valence-electron chi connectivity index (χ4n) is 1.69. The van der Waals surface area contributed by atoms with E-state index in [1.165, 1.54) is 15.7 Å². The molecule has 84 valence electrons. The van der Waals surface area contributed by atoms with Crippen molar-refractivity contribution in [1.29, 1.82) is 0 Å². The zero-order chi connectivity index (χ0) is 11.4. The van der Waals surface area contributed by atoms with Crippen LogP contribution in [-0.4, -0.2) is 6.04 Å². The Morgan fingerprint density at radius 3 is 2.47 bits per heavy atom. The number of anilines is 1. The van der Waals surface area contributed by atoms with Crippen molar-refractivity contribution < 1.29 is 0 Å². The Balaban J connectivity index is 2.75. The van der Waals surface area contributed by atoms with Crippen LogP contribution in [0.2, 0.25) is 0 Å². The van der Waals surface area contributed by atoms with Gasteiger partial charge < -0.3 is 5.32 Å². The highest BCUT2D eigenvalue weighted by molar-refractivity contribution is 9.10. The molecule has 0 bridgehead atoms. The molecule has 15 heavy (non-hydrogen) atoms. The van der Waals surface area contributed by atoms with E-state index in [0.717, 1.165) is 6.42 Å². The van der Waals surface area contributed by atoms with Crippen molar-refractivity contribution in [2.75, 3.05) is 5.32 Å². The van der Waals surface area contributed by atoms with Crippen LogP contribution in [0.4, 0.5) is 5.69 Å². The second-order valence-electron chi connectivity index (χ2n) is 4.37. The van der Waals surface area contributed by atoms with E-state index in [1.807, 2.05) is 0 Å². The second-order valence-corrected chi connectivity index (χ2v) is 5.22. The summed E-state index contributed by atoms with van der Waals surface area (Å²) in [4.78, 5) is 0. The summed E-state index contributed by atoms with van der Waals surface area (Å²) in [5.74, 6) is 0.666. The number of rotatable bonds is 4. The van der Waals surface area contributed by atoms with Gasteiger partial charge in [-0.25, -0.2) is 0 Å². The smallest absolute Gasteiger partial charge is 0.0345 e. The van der Waals surface area contributed by atoms with Crippen molar-refractivity contribution in [2.45, 2.75) is 40.2 Å². The number of benzene rings is 1. The summed E-state index contributed by atoms with van der Waals surface area (Å²) < 4.78 is 1.17. The molecule has 0 aromatic heterocycles. The maximum Gasteiger partial charge on any atom is 0.0345 e. The summed E-state index contributed by atoms with van der Waals surface area (Å²) in [6.07, 6.45) is 1.16. The van der Waals surface area contributed by atoms with E-state index in [4.69, 9.17) is 0 Å². The Morgan fingerprint density at radius 1 is 1.33 bits per heavy atom. The molecule has 0 saturated carbocycles. The highest BCUT2D eigenvalue weighted by Crippen LogP contribution is 2.22. The Kier molecular flexibility index (Phi) is 4.65. The SMILES string of the molecule is CCC(Nc1ccc(Br)c(C)c1)C(C)C. The van der Waals surface area contributed by atoms with E-state index in [-0.39, 0.29) is 0 Å². The van der Waals surface area contributed by atoms with Gasteiger partial charge in [0.15, 0.2) is 0 Å². The number of hydrogen-bond acceptors (Lipinski definition) is 1. The first-order chi connectivity index (χ1) is 7.04. The molecule has 1 aromatic rings. The quantitative estimate of drug-likeness (QED) is 0.842. The average molecular weight is 270 g/mol. The molecule has 0 fully saturated rings. The first-order valence-electron chi connectivity index (χ1n) is 5.57. The van der Waals surface area contributed by atoms with E-state index in [0.29, 0.717) is 12.0 Å². The molecule has 0 saturated heterocycles. The lowest BCUT2D eigenvalue weighted by Crippen LogP contribution is -2.24. The van der Waals surface area contributed by atoms with Gasteiger partial charge in [0, 0.05) is 16.2 Å². The minimum Gasteiger partial charge on any atom is -0.382 e. The molecule has 2 heteroatoms. The first-order valence-corrected chi connectivity index (χ1v) is 6.36. The van der Waals surface area contributed by atoms with Gasteiger partial charge in [-0.05, 0) is 43.0 Å². The monoisotopic (exact) mass is 269 g/mol. The third kappa shape index (κ3) is 3.53. The topological polar surface area (TPSA) is 12.0 Å². The van der Waals surface area contributed by atoms with Crippen molar-refractivity contribution in [3.8, 4) is 0 Å². The Bertz CT molecular complexity index is 320. The van der Waals surface area contributed by atoms with E-state index in [1.54, 1.807) is 0 Å². The molecule has 1 nitrogen and oxygen atoms in total. The summed E-state index contributed by atoms with van der Waals surface area (Å²) in [6.45, 7) is 8.86. The van der Waals surface area contributed by atoms with Gasteiger partial charge in [-0.2, -0.15) is 0 Å². The highest BCUT2D eigenvalue weighted by Gasteiger charge is 2.10. The minimum absolute atomic E-state index is 0.561. The molecule has 1 rings (SSSR count). The molecule has 1 unspecified atom stereocenters. The lowest BCUT2D eigenvalue weighted by atomic mass is 10.0. The van der Waals surface area contributed by atoms with Crippen LogP contribution in [0.25, 0.3) is 0 Å². The number of nitrogens with one attached hydrogen (secondary N) is 1. The molecule has 0 spiro atoms. The summed E-state index contributed by atoms with van der Waals surface area (Å²) in [6, 6.07) is 6.98. The molecular formula is C13H20BrN. The molecular weight excluding hydrogens is 250 g/mol. The average Bonchev–Trinajstić information content (AvgIpc) is 2.19. The van der Waals surface area contributed by atoms with Crippen LogP contribution in [0.15, 0.2) is 22.7 Å². The van der Waals surface area contributed by atoms with Crippen LogP contribution < -0.4 is 5.32 Å². The van der Waals surface area contributed by atoms with E-state index < -0.39 is 0 Å². The zero-order valence-electron chi connectivity index (χ0n) is 9.97. The fraction of sp³-hybridized carbons (Fsp3) is 0.538. The van der Waals surface area contributed by atoms with Crippen LogP contribution in [-0.2, 0) is 0 Å². The number of hydrogen-bond donors (Lipinski definition) is 1. The molecule has 1 atom stereocenters. The van der Waals surface area contributed by atoms with Gasteiger partial charge in [0.25, 0.3) is 0 Å². The lowest BCUT2D eigenvalue weighted by molar-refractivity contribution is 0.511. The molecule has 0 radical (unpaired) electrons. The minimum atomic E-state index is 0.561. The van der Waals surface area contributed by atoms with Gasteiger partial charge in [-0.3, -0.25) is 0 Å². The molecule has 0 aliphatic rings. The molecule has 1 aromatic carbocycles. The van der Waals surface area contributed by atoms with Crippen molar-refractivity contribution >= 4 is 21.6 Å². The van der Waals surface area contributed by atoms with Crippen LogP contribution in [0.5, 0.6) is 0 Å². The molecule has 0 amide bonds. The Hall–Kier alpha value is -0.500. The lowest BCUT2D eigenvalue weighted by Gasteiger charge is -2.22. The van der Waals surface area contributed by atoms with Crippen LogP contribution in [0.1, 0.15) is 32.8 Å². The predicted molar refractivity (Wildman–Crippen MR) is 71.4 cm³/mol. The summed E-state index contributed by atoms with van der Waals surface area (Å²) in [5, 5.41) is 3.58. The zero-order valence-corrected chi connectivity index (χ0v) is 11.6. The Labute approximate surface area is 101 Å². The van der Waals surface area contributed by atoms with E-state index in [9.17, 15) is 0 Å². The Morgan fingerprint density at radius 2 is 2.00 bits per heavy atom. The van der Waals surface area contributed by atoms with Gasteiger partial charge in [-0.1, -0.05) is 36.7 Å². The van der Waals surface area contributed by atoms with Crippen molar-refractivity contribution in [3.63, 3.8) is 0 Å². The molecule has 1 N–H and O–H groups in total. The first kappa shape index (κ1) is 12.6. The summed E-state index contributed by atoms with van der Waals surface area (Å²) in [5.41, 5.74) is 2.50. The van der Waals surface area contributed by atoms with Crippen LogP contribution >= 0.6 is 15.9 Å². The van der Waals surface area contributed by atoms with Crippen molar-refractivity contribution in [3.05, 3.63) is 28.2 Å². The second kappa shape index (κ2) is 5.55. The van der Waals surface area contributed by atoms with Crippen molar-refractivity contribution in [1.82, 2.24) is 0 Å². The standard InChI is InChI=1S/C13H20BrN/c1-5-13(9(2)3)15-11-6-7-12(14)10(4)8-11/h6-9,13,15H,5H2,1-4H3. The van der Waals surface area contributed by atoms with Crippen LogP contribution in [0, 0.1) is 12.8 Å². The highest BCUT2D eigenvalue weighted by atomic mass is 79.9. The summed E-state index contributed by atoms with van der Waals surface area (Å²) in [7, 11) is 0. The maximum absolute atomic E-state index is 3.58. The van der Waals surface area contributed by atoms with Crippen molar-refractivity contribution in [2.24, 2.45) is 5.92 Å². The maximum atomic E-state index is 3.58. The van der Waals surface area contributed by atoms with Gasteiger partial charge in [0.05, 0.1) is 0 Å². The summed E-state index contributed by atoms with van der Waals surface area (Å²) >= 11 is 3.51. The predicted octanol–water partition coefficient (Wildman–Crippen LogP) is 4.60. The van der Waals surface area contributed by atoms with Gasteiger partial charge in [-0.15, -0.1) is 0 Å². The van der Waals surface area contributed by atoms with Gasteiger partial charge in [0.1, 0.15) is 0 Å². The molecule has 0 aliphatic carbocycles. The number of halogens is 1.